The highest BCUT2D eigenvalue weighted by Crippen LogP contribution is 2.14. The summed E-state index contributed by atoms with van der Waals surface area (Å²) in [6.45, 7) is 3.07. The van der Waals surface area contributed by atoms with Gasteiger partial charge in [0.15, 0.2) is 0 Å². The molecule has 6 nitrogen and oxygen atoms in total. The molecule has 15 heavy (non-hydrogen) atoms. The lowest BCUT2D eigenvalue weighted by molar-refractivity contribution is -0.125. The Balaban J connectivity index is 1.88. The largest absolute Gasteiger partial charge is 0.381 e. The van der Waals surface area contributed by atoms with E-state index >= 15 is 0 Å². The first-order valence-electron chi connectivity index (χ1n) is 5.00. The lowest BCUT2D eigenvalue weighted by Crippen LogP contribution is -2.33. The summed E-state index contributed by atoms with van der Waals surface area (Å²) in [4.78, 5) is 15.7. The van der Waals surface area contributed by atoms with Crippen LogP contribution in [-0.4, -0.2) is 34.3 Å². The molecule has 0 radical (unpaired) electrons. The van der Waals surface area contributed by atoms with Crippen LogP contribution < -0.4 is 5.32 Å². The van der Waals surface area contributed by atoms with E-state index in [4.69, 9.17) is 4.74 Å². The van der Waals surface area contributed by atoms with Gasteiger partial charge in [-0.1, -0.05) is 0 Å². The van der Waals surface area contributed by atoms with Crippen molar-refractivity contribution in [2.75, 3.05) is 13.2 Å². The number of rotatable bonds is 3. The van der Waals surface area contributed by atoms with Gasteiger partial charge in [-0.3, -0.25) is 9.89 Å². The van der Waals surface area contributed by atoms with E-state index in [9.17, 15) is 4.79 Å². The van der Waals surface area contributed by atoms with Crippen LogP contribution in [0.5, 0.6) is 0 Å². The summed E-state index contributed by atoms with van der Waals surface area (Å²) in [6.07, 6.45) is 2.23. The molecule has 6 heteroatoms. The SMILES string of the molecule is CC(NC(=O)C1CCOC1)c1ncn[nH]1. The normalized spacial score (nSPS) is 22.6. The van der Waals surface area contributed by atoms with Crippen molar-refractivity contribution in [1.82, 2.24) is 20.5 Å². The molecule has 82 valence electrons. The average Bonchev–Trinajstić information content (AvgIpc) is 2.91. The molecule has 2 heterocycles. The van der Waals surface area contributed by atoms with Crippen molar-refractivity contribution in [3.05, 3.63) is 12.2 Å². The zero-order valence-electron chi connectivity index (χ0n) is 8.56. The van der Waals surface area contributed by atoms with E-state index in [2.05, 4.69) is 20.5 Å². The van der Waals surface area contributed by atoms with Crippen LogP contribution in [0.4, 0.5) is 0 Å². The molecule has 2 rings (SSSR count). The molecule has 0 aliphatic carbocycles. The number of nitrogens with zero attached hydrogens (tertiary/aromatic N) is 2. The van der Waals surface area contributed by atoms with Gasteiger partial charge in [-0.15, -0.1) is 0 Å². The Kier molecular flexibility index (Phi) is 2.96. The van der Waals surface area contributed by atoms with Crippen LogP contribution in [0.1, 0.15) is 25.2 Å². The summed E-state index contributed by atoms with van der Waals surface area (Å²) in [5.74, 6) is 0.675. The minimum Gasteiger partial charge on any atom is -0.381 e. The molecular weight excluding hydrogens is 196 g/mol. The Morgan fingerprint density at radius 3 is 3.27 bits per heavy atom. The number of amides is 1. The number of hydrogen-bond acceptors (Lipinski definition) is 4. The van der Waals surface area contributed by atoms with Gasteiger partial charge in [-0.25, -0.2) is 4.98 Å². The smallest absolute Gasteiger partial charge is 0.226 e. The number of aromatic amines is 1. The summed E-state index contributed by atoms with van der Waals surface area (Å²) in [7, 11) is 0. The van der Waals surface area contributed by atoms with Crippen molar-refractivity contribution >= 4 is 5.91 Å². The minimum absolute atomic E-state index is 0.0182. The van der Waals surface area contributed by atoms with Crippen molar-refractivity contribution in [3.8, 4) is 0 Å². The Morgan fingerprint density at radius 2 is 2.67 bits per heavy atom. The van der Waals surface area contributed by atoms with Crippen molar-refractivity contribution in [2.24, 2.45) is 5.92 Å². The lowest BCUT2D eigenvalue weighted by atomic mass is 10.1. The van der Waals surface area contributed by atoms with Crippen LogP contribution in [0.2, 0.25) is 0 Å². The molecule has 1 aromatic rings. The summed E-state index contributed by atoms with van der Waals surface area (Å²) >= 11 is 0. The first-order chi connectivity index (χ1) is 7.27. The van der Waals surface area contributed by atoms with E-state index in [0.717, 1.165) is 6.42 Å². The van der Waals surface area contributed by atoms with Crippen molar-refractivity contribution in [3.63, 3.8) is 0 Å². The number of ether oxygens (including phenoxy) is 1. The predicted molar refractivity (Wildman–Crippen MR) is 51.9 cm³/mol. The van der Waals surface area contributed by atoms with Crippen LogP contribution in [0.25, 0.3) is 0 Å². The fraction of sp³-hybridized carbons (Fsp3) is 0.667. The quantitative estimate of drug-likeness (QED) is 0.737. The summed E-state index contributed by atoms with van der Waals surface area (Å²) in [5, 5.41) is 9.33. The molecule has 1 aliphatic rings. The Hall–Kier alpha value is -1.43. The fourth-order valence-corrected chi connectivity index (χ4v) is 1.56. The van der Waals surface area contributed by atoms with Crippen molar-refractivity contribution in [2.45, 2.75) is 19.4 Å². The average molecular weight is 210 g/mol. The van der Waals surface area contributed by atoms with Gasteiger partial charge in [0.05, 0.1) is 18.6 Å². The molecule has 1 aliphatic heterocycles. The molecule has 0 bridgehead atoms. The van der Waals surface area contributed by atoms with Gasteiger partial charge in [0.2, 0.25) is 5.91 Å². The number of aromatic nitrogens is 3. The van der Waals surface area contributed by atoms with Gasteiger partial charge in [0.25, 0.3) is 0 Å². The maximum atomic E-state index is 11.7. The number of nitrogens with one attached hydrogen (secondary N) is 2. The van der Waals surface area contributed by atoms with Crippen LogP contribution in [0.15, 0.2) is 6.33 Å². The fourth-order valence-electron chi connectivity index (χ4n) is 1.56. The Bertz CT molecular complexity index is 319. The summed E-state index contributed by atoms with van der Waals surface area (Å²) in [6, 6.07) is -0.138. The van der Waals surface area contributed by atoms with Crippen LogP contribution in [-0.2, 0) is 9.53 Å². The van der Waals surface area contributed by atoms with E-state index in [1.54, 1.807) is 0 Å². The van der Waals surface area contributed by atoms with Gasteiger partial charge in [0, 0.05) is 6.61 Å². The van der Waals surface area contributed by atoms with Gasteiger partial charge >= 0.3 is 0 Å². The monoisotopic (exact) mass is 210 g/mol. The van der Waals surface area contributed by atoms with Crippen molar-refractivity contribution < 1.29 is 9.53 Å². The highest BCUT2D eigenvalue weighted by atomic mass is 16.5. The second kappa shape index (κ2) is 4.39. The maximum absolute atomic E-state index is 11.7. The van der Waals surface area contributed by atoms with E-state index in [1.807, 2.05) is 6.92 Å². The van der Waals surface area contributed by atoms with Gasteiger partial charge in [-0.2, -0.15) is 5.10 Å². The van der Waals surface area contributed by atoms with E-state index in [1.165, 1.54) is 6.33 Å². The molecule has 0 spiro atoms. The minimum atomic E-state index is -0.138. The molecule has 1 aromatic heterocycles. The van der Waals surface area contributed by atoms with Gasteiger partial charge in [0.1, 0.15) is 12.2 Å². The zero-order valence-corrected chi connectivity index (χ0v) is 8.56. The molecule has 0 aromatic carbocycles. The number of H-pyrrole nitrogens is 1. The molecular formula is C9H14N4O2. The zero-order chi connectivity index (χ0) is 10.7. The first-order valence-corrected chi connectivity index (χ1v) is 5.00. The highest BCUT2D eigenvalue weighted by molar-refractivity contribution is 5.79. The second-order valence-corrected chi connectivity index (χ2v) is 3.66. The van der Waals surface area contributed by atoms with Gasteiger partial charge in [-0.05, 0) is 13.3 Å². The number of hydrogen-bond donors (Lipinski definition) is 2. The molecule has 0 saturated carbocycles. The second-order valence-electron chi connectivity index (χ2n) is 3.66. The summed E-state index contributed by atoms with van der Waals surface area (Å²) < 4.78 is 5.15. The molecule has 2 atom stereocenters. The molecule has 2 unspecified atom stereocenters. The maximum Gasteiger partial charge on any atom is 0.226 e. The molecule has 2 N–H and O–H groups in total. The third-order valence-corrected chi connectivity index (χ3v) is 2.50. The van der Waals surface area contributed by atoms with Crippen molar-refractivity contribution in [1.29, 1.82) is 0 Å². The standard InChI is InChI=1S/C9H14N4O2/c1-6(8-10-5-11-13-8)12-9(14)7-2-3-15-4-7/h5-7H,2-4H2,1H3,(H,12,14)(H,10,11,13). The molecule has 1 saturated heterocycles. The highest BCUT2D eigenvalue weighted by Gasteiger charge is 2.25. The van der Waals surface area contributed by atoms with E-state index < -0.39 is 0 Å². The number of carbonyl (C=O) groups excluding carboxylic acids is 1. The first kappa shape index (κ1) is 10.1. The third kappa shape index (κ3) is 2.33. The molecule has 1 fully saturated rings. The number of carbonyl (C=O) groups is 1. The van der Waals surface area contributed by atoms with Crippen LogP contribution in [0, 0.1) is 5.92 Å². The van der Waals surface area contributed by atoms with Crippen LogP contribution >= 0.6 is 0 Å². The lowest BCUT2D eigenvalue weighted by Gasteiger charge is -2.13. The summed E-state index contributed by atoms with van der Waals surface area (Å²) in [5.41, 5.74) is 0. The van der Waals surface area contributed by atoms with Crippen LogP contribution in [0.3, 0.4) is 0 Å². The Labute approximate surface area is 87.4 Å². The third-order valence-electron chi connectivity index (χ3n) is 2.50. The molecule has 1 amide bonds. The Morgan fingerprint density at radius 1 is 1.80 bits per heavy atom. The van der Waals surface area contributed by atoms with E-state index in [-0.39, 0.29) is 17.9 Å². The topological polar surface area (TPSA) is 79.9 Å². The van der Waals surface area contributed by atoms with Gasteiger partial charge < -0.3 is 10.1 Å². The predicted octanol–water partition coefficient (Wildman–Crippen LogP) is 0.0184. The van der Waals surface area contributed by atoms with E-state index in [0.29, 0.717) is 19.0 Å².